The Morgan fingerprint density at radius 1 is 1.31 bits per heavy atom. The highest BCUT2D eigenvalue weighted by molar-refractivity contribution is 7.21. The van der Waals surface area contributed by atoms with Crippen LogP contribution in [0.2, 0.25) is 5.02 Å². The van der Waals surface area contributed by atoms with Crippen LogP contribution in [0.1, 0.15) is 41.4 Å². The maximum Gasteiger partial charge on any atom is 0.275 e. The molecule has 3 heterocycles. The van der Waals surface area contributed by atoms with Crippen LogP contribution in [0.25, 0.3) is 10.1 Å². The van der Waals surface area contributed by atoms with Crippen molar-refractivity contribution in [3.63, 3.8) is 0 Å². The molecule has 1 saturated carbocycles. The van der Waals surface area contributed by atoms with Gasteiger partial charge in [-0.05, 0) is 67.6 Å². The molecule has 3 aliphatic rings. The van der Waals surface area contributed by atoms with Gasteiger partial charge in [0.1, 0.15) is 12.7 Å². The number of hydrogen-bond acceptors (Lipinski definition) is 7. The van der Waals surface area contributed by atoms with Gasteiger partial charge in [-0.15, -0.1) is 11.3 Å². The molecule has 2 unspecified atom stereocenters. The molecule has 10 heteroatoms. The van der Waals surface area contributed by atoms with Crippen molar-refractivity contribution in [2.75, 3.05) is 19.6 Å². The summed E-state index contributed by atoms with van der Waals surface area (Å²) in [5, 5.41) is 19.8. The Hall–Kier alpha value is -2.72. The first-order valence-corrected chi connectivity index (χ1v) is 13.2. The normalized spacial score (nSPS) is 19.0. The number of fused-ring (bicyclic) bond motifs is 3. The Morgan fingerprint density at radius 2 is 2.14 bits per heavy atom. The molecule has 1 amide bonds. The second kappa shape index (κ2) is 9.63. The molecule has 3 aromatic rings. The fraction of sp³-hybridized carbons (Fsp3) is 0.385. The Kier molecular flexibility index (Phi) is 6.33. The number of benzene rings is 2. The molecule has 2 aliphatic heterocycles. The molecule has 0 radical (unpaired) electrons. The Morgan fingerprint density at radius 3 is 2.86 bits per heavy atom. The Bertz CT molecular complexity index is 1350. The molecule has 2 N–H and O–H groups in total. The van der Waals surface area contributed by atoms with Gasteiger partial charge in [0.15, 0.2) is 17.3 Å². The van der Waals surface area contributed by atoms with E-state index in [0.29, 0.717) is 17.1 Å². The molecule has 6 rings (SSSR count). The molecule has 1 saturated heterocycles. The number of nitrogens with zero attached hydrogens (tertiary/aromatic N) is 2. The highest BCUT2D eigenvalue weighted by atomic mass is 35.5. The highest BCUT2D eigenvalue weighted by Crippen LogP contribution is 2.36. The first-order chi connectivity index (χ1) is 17.5. The minimum absolute atomic E-state index is 0.0713. The van der Waals surface area contributed by atoms with Gasteiger partial charge in [-0.3, -0.25) is 4.79 Å². The summed E-state index contributed by atoms with van der Waals surface area (Å²) in [6.45, 7) is 2.46. The van der Waals surface area contributed by atoms with E-state index >= 15 is 0 Å². The van der Waals surface area contributed by atoms with Crippen LogP contribution in [0.15, 0.2) is 41.6 Å². The lowest BCUT2D eigenvalue weighted by Gasteiger charge is -2.36. The van der Waals surface area contributed by atoms with Crippen LogP contribution in [0.4, 0.5) is 4.39 Å². The first kappa shape index (κ1) is 23.7. The number of oxime groups is 1. The average Bonchev–Trinajstić information content (AvgIpc) is 3.58. The van der Waals surface area contributed by atoms with E-state index < -0.39 is 23.9 Å². The van der Waals surface area contributed by atoms with Crippen molar-refractivity contribution in [1.29, 1.82) is 0 Å². The van der Waals surface area contributed by atoms with Crippen molar-refractivity contribution in [2.24, 2.45) is 5.16 Å². The summed E-state index contributed by atoms with van der Waals surface area (Å²) in [4.78, 5) is 21.7. The number of aliphatic hydroxyl groups excluding tert-OH is 1. The van der Waals surface area contributed by atoms with E-state index in [1.807, 2.05) is 18.2 Å². The molecule has 2 aromatic carbocycles. The fourth-order valence-corrected chi connectivity index (χ4v) is 5.97. The van der Waals surface area contributed by atoms with Crippen molar-refractivity contribution < 1.29 is 23.9 Å². The van der Waals surface area contributed by atoms with Gasteiger partial charge in [-0.2, -0.15) is 0 Å². The number of rotatable bonds is 8. The Balaban J connectivity index is 1.24. The van der Waals surface area contributed by atoms with Gasteiger partial charge < -0.3 is 24.9 Å². The lowest BCUT2D eigenvalue weighted by Crippen LogP contribution is -2.52. The van der Waals surface area contributed by atoms with Crippen molar-refractivity contribution in [2.45, 2.75) is 44.1 Å². The fourth-order valence-electron chi connectivity index (χ4n) is 4.50. The number of carbonyl (C=O) groups is 1. The monoisotopic (exact) mass is 529 g/mol. The lowest BCUT2D eigenvalue weighted by molar-refractivity contribution is -0.116. The number of nitrogens with one attached hydrogen (secondary N) is 1. The molecule has 36 heavy (non-hydrogen) atoms. The van der Waals surface area contributed by atoms with Crippen LogP contribution in [-0.2, 0) is 16.2 Å². The third-order valence-electron chi connectivity index (χ3n) is 6.77. The lowest BCUT2D eigenvalue weighted by atomic mass is 9.99. The number of thiophene rings is 1. The van der Waals surface area contributed by atoms with Crippen LogP contribution in [-0.4, -0.2) is 53.4 Å². The molecule has 2 atom stereocenters. The number of likely N-dealkylation sites (tertiary alicyclic amines) is 1. The van der Waals surface area contributed by atoms with E-state index in [9.17, 15) is 14.3 Å². The van der Waals surface area contributed by atoms with E-state index in [0.717, 1.165) is 52.9 Å². The van der Waals surface area contributed by atoms with E-state index in [-0.39, 0.29) is 24.2 Å². The summed E-state index contributed by atoms with van der Waals surface area (Å²) >= 11 is 7.59. The zero-order valence-electron chi connectivity index (χ0n) is 19.4. The number of hydrogen-bond donors (Lipinski definition) is 2. The van der Waals surface area contributed by atoms with Gasteiger partial charge in [0.05, 0.1) is 17.0 Å². The van der Waals surface area contributed by atoms with Gasteiger partial charge in [0.2, 0.25) is 0 Å². The second-order valence-electron chi connectivity index (χ2n) is 9.45. The molecule has 188 valence electrons. The minimum atomic E-state index is -1.12. The Labute approximate surface area is 216 Å². The molecule has 7 nitrogen and oxygen atoms in total. The standard InChI is InChI=1S/C26H25ClFN3O4S/c27-15-3-6-17-18-13-34-30-23(25(18)36-22(17)11-15)26(33)29-20(12-31-8-1-9-31)24(32)14-2-7-21(19(28)10-14)35-16-4-5-16/h2-3,6-7,10-11,16,20,24,32H,1,4-5,8-9,12-13H2,(H,29,33). The van der Waals surface area contributed by atoms with Crippen LogP contribution < -0.4 is 10.1 Å². The number of aliphatic hydroxyl groups is 1. The summed E-state index contributed by atoms with van der Waals surface area (Å²) in [6, 6.07) is 9.38. The number of carbonyl (C=O) groups excluding carboxylic acids is 1. The van der Waals surface area contributed by atoms with Gasteiger partial charge in [-0.1, -0.05) is 28.9 Å². The smallest absolute Gasteiger partial charge is 0.275 e. The van der Waals surface area contributed by atoms with Crippen LogP contribution >= 0.6 is 22.9 Å². The summed E-state index contributed by atoms with van der Waals surface area (Å²) in [5.41, 5.74) is 1.43. The summed E-state index contributed by atoms with van der Waals surface area (Å²) in [5.74, 6) is -0.790. The van der Waals surface area contributed by atoms with Crippen molar-refractivity contribution >= 4 is 44.6 Å². The topological polar surface area (TPSA) is 83.4 Å². The van der Waals surface area contributed by atoms with Crippen molar-refractivity contribution in [3.8, 4) is 5.75 Å². The highest BCUT2D eigenvalue weighted by Gasteiger charge is 2.33. The zero-order valence-corrected chi connectivity index (χ0v) is 20.9. The third-order valence-corrected chi connectivity index (χ3v) is 8.20. The SMILES string of the molecule is O=C(NC(CN1CCC1)C(O)c1ccc(OC2CC2)c(F)c1)C1=NOCc2c1sc1cc(Cl)ccc21. The molecule has 1 aromatic heterocycles. The molecule has 2 fully saturated rings. The first-order valence-electron chi connectivity index (χ1n) is 12.0. The zero-order chi connectivity index (χ0) is 24.8. The molecular weight excluding hydrogens is 505 g/mol. The second-order valence-corrected chi connectivity index (χ2v) is 10.9. The predicted molar refractivity (Wildman–Crippen MR) is 136 cm³/mol. The minimum Gasteiger partial charge on any atom is -0.487 e. The largest absolute Gasteiger partial charge is 0.487 e. The van der Waals surface area contributed by atoms with E-state index in [1.165, 1.54) is 17.4 Å². The van der Waals surface area contributed by atoms with Crippen molar-refractivity contribution in [1.82, 2.24) is 10.2 Å². The maximum absolute atomic E-state index is 14.7. The van der Waals surface area contributed by atoms with Gasteiger partial charge in [0, 0.05) is 21.8 Å². The summed E-state index contributed by atoms with van der Waals surface area (Å²) < 4.78 is 21.2. The molecule has 0 bridgehead atoms. The van der Waals surface area contributed by atoms with Crippen LogP contribution in [0, 0.1) is 5.82 Å². The summed E-state index contributed by atoms with van der Waals surface area (Å²) in [7, 11) is 0. The molecule has 1 aliphatic carbocycles. The van der Waals surface area contributed by atoms with Gasteiger partial charge in [-0.25, -0.2) is 4.39 Å². The maximum atomic E-state index is 14.7. The van der Waals surface area contributed by atoms with Gasteiger partial charge >= 0.3 is 0 Å². The van der Waals surface area contributed by atoms with Crippen LogP contribution in [0.3, 0.4) is 0 Å². The quantitative estimate of drug-likeness (QED) is 0.452. The van der Waals surface area contributed by atoms with Crippen molar-refractivity contribution in [3.05, 3.63) is 63.2 Å². The number of ether oxygens (including phenoxy) is 1. The van der Waals surface area contributed by atoms with E-state index in [4.69, 9.17) is 21.2 Å². The average molecular weight is 530 g/mol. The number of amides is 1. The molecular formula is C26H25ClFN3O4S. The number of halogens is 2. The van der Waals surface area contributed by atoms with E-state index in [2.05, 4.69) is 15.4 Å². The predicted octanol–water partition coefficient (Wildman–Crippen LogP) is 4.39. The van der Waals surface area contributed by atoms with E-state index in [1.54, 1.807) is 12.1 Å². The summed E-state index contributed by atoms with van der Waals surface area (Å²) in [6.07, 6.45) is 1.87. The molecule has 0 spiro atoms. The van der Waals surface area contributed by atoms with Crippen LogP contribution in [0.5, 0.6) is 5.75 Å². The third kappa shape index (κ3) is 4.68. The van der Waals surface area contributed by atoms with Gasteiger partial charge in [0.25, 0.3) is 5.91 Å².